The Bertz CT molecular complexity index is 393. The molecule has 1 rings (SSSR count). The highest BCUT2D eigenvalue weighted by atomic mass is 16.5. The molecule has 18 heavy (non-hydrogen) atoms. The molecule has 0 unspecified atom stereocenters. The molecule has 0 atom stereocenters. The van der Waals surface area contributed by atoms with Crippen LogP contribution in [0.2, 0.25) is 0 Å². The van der Waals surface area contributed by atoms with Gasteiger partial charge in [0.25, 0.3) is 0 Å². The summed E-state index contributed by atoms with van der Waals surface area (Å²) in [6.07, 6.45) is 3.42. The third-order valence-corrected chi connectivity index (χ3v) is 3.36. The van der Waals surface area contributed by atoms with E-state index in [1.165, 1.54) is 6.33 Å². The van der Waals surface area contributed by atoms with Gasteiger partial charge in [-0.1, -0.05) is 13.8 Å². The first kappa shape index (κ1) is 14.5. The van der Waals surface area contributed by atoms with Gasteiger partial charge in [0, 0.05) is 12.6 Å². The van der Waals surface area contributed by atoms with Gasteiger partial charge in [0.05, 0.1) is 6.61 Å². The van der Waals surface area contributed by atoms with Crippen molar-refractivity contribution in [1.82, 2.24) is 9.97 Å². The first-order valence-corrected chi connectivity index (χ1v) is 6.41. The highest BCUT2D eigenvalue weighted by Crippen LogP contribution is 2.32. The first-order valence-electron chi connectivity index (χ1n) is 6.41. The van der Waals surface area contributed by atoms with Gasteiger partial charge in [-0.25, -0.2) is 4.98 Å². The van der Waals surface area contributed by atoms with E-state index in [-0.39, 0.29) is 5.54 Å². The summed E-state index contributed by atoms with van der Waals surface area (Å²) >= 11 is 0. The molecule has 0 saturated carbocycles. The van der Waals surface area contributed by atoms with Crippen molar-refractivity contribution in [1.29, 1.82) is 0 Å². The predicted molar refractivity (Wildman–Crippen MR) is 75.0 cm³/mol. The lowest BCUT2D eigenvalue weighted by atomic mass is 10.00. The normalized spacial score (nSPS) is 11.4. The average Bonchev–Trinajstić information content (AvgIpc) is 2.36. The summed E-state index contributed by atoms with van der Waals surface area (Å²) in [5.41, 5.74) is 6.58. The third-order valence-electron chi connectivity index (χ3n) is 3.36. The van der Waals surface area contributed by atoms with Crippen LogP contribution in [0.5, 0.6) is 5.88 Å². The van der Waals surface area contributed by atoms with Crippen LogP contribution < -0.4 is 15.4 Å². The Kier molecular flexibility index (Phi) is 4.76. The molecule has 0 amide bonds. The van der Waals surface area contributed by atoms with E-state index in [4.69, 9.17) is 10.5 Å². The summed E-state index contributed by atoms with van der Waals surface area (Å²) in [5, 5.41) is 0. The second kappa shape index (κ2) is 5.89. The minimum absolute atomic E-state index is 0.00942. The van der Waals surface area contributed by atoms with Crippen molar-refractivity contribution >= 4 is 11.5 Å². The number of aromatic nitrogens is 2. The van der Waals surface area contributed by atoms with Gasteiger partial charge in [-0.15, -0.1) is 0 Å². The van der Waals surface area contributed by atoms with Gasteiger partial charge < -0.3 is 15.4 Å². The van der Waals surface area contributed by atoms with E-state index in [1.807, 2.05) is 14.0 Å². The molecule has 0 radical (unpaired) electrons. The molecule has 0 aliphatic heterocycles. The highest BCUT2D eigenvalue weighted by molar-refractivity contribution is 5.68. The number of nitrogen functional groups attached to an aromatic ring is 1. The number of rotatable bonds is 6. The Balaban J connectivity index is 3.03. The van der Waals surface area contributed by atoms with Crippen LogP contribution in [0.3, 0.4) is 0 Å². The van der Waals surface area contributed by atoms with E-state index < -0.39 is 0 Å². The fourth-order valence-corrected chi connectivity index (χ4v) is 1.48. The zero-order valence-corrected chi connectivity index (χ0v) is 12.0. The number of ether oxygens (including phenoxy) is 1. The van der Waals surface area contributed by atoms with Crippen molar-refractivity contribution < 1.29 is 4.74 Å². The number of nitrogens with two attached hydrogens (primary N) is 1. The zero-order chi connectivity index (χ0) is 13.8. The Morgan fingerprint density at radius 1 is 1.33 bits per heavy atom. The Hall–Kier alpha value is -1.52. The molecule has 102 valence electrons. The molecule has 2 N–H and O–H groups in total. The van der Waals surface area contributed by atoms with Gasteiger partial charge in [0.2, 0.25) is 5.88 Å². The molecule has 1 heterocycles. The zero-order valence-electron chi connectivity index (χ0n) is 12.0. The summed E-state index contributed by atoms with van der Waals surface area (Å²) in [7, 11) is 1.99. The Morgan fingerprint density at radius 3 is 2.56 bits per heavy atom. The van der Waals surface area contributed by atoms with E-state index in [1.54, 1.807) is 0 Å². The quantitative estimate of drug-likeness (QED) is 0.842. The van der Waals surface area contributed by atoms with Crippen molar-refractivity contribution in [2.24, 2.45) is 0 Å². The minimum atomic E-state index is -0.00942. The summed E-state index contributed by atoms with van der Waals surface area (Å²) in [5.74, 6) is 1.20. The third kappa shape index (κ3) is 3.03. The number of hydrogen-bond acceptors (Lipinski definition) is 5. The molecule has 0 saturated heterocycles. The molecule has 0 aliphatic carbocycles. The maximum Gasteiger partial charge on any atom is 0.242 e. The number of anilines is 2. The number of nitrogens with zero attached hydrogens (tertiary/aromatic N) is 3. The SMILES string of the molecule is CCCOc1ncnc(N(C)C(C)(C)CC)c1N. The second-order valence-corrected chi connectivity index (χ2v) is 4.99. The summed E-state index contributed by atoms with van der Waals surface area (Å²) < 4.78 is 5.52. The van der Waals surface area contributed by atoms with Crippen LogP contribution in [0.25, 0.3) is 0 Å². The molecule has 1 aromatic rings. The fourth-order valence-electron chi connectivity index (χ4n) is 1.48. The van der Waals surface area contributed by atoms with Crippen molar-refractivity contribution in [3.8, 4) is 5.88 Å². The van der Waals surface area contributed by atoms with E-state index in [9.17, 15) is 0 Å². The van der Waals surface area contributed by atoms with Crippen molar-refractivity contribution in [2.45, 2.75) is 46.1 Å². The van der Waals surface area contributed by atoms with Crippen LogP contribution in [0, 0.1) is 0 Å². The molecular formula is C13H24N4O. The molecular weight excluding hydrogens is 228 g/mol. The highest BCUT2D eigenvalue weighted by Gasteiger charge is 2.25. The van der Waals surface area contributed by atoms with Crippen LogP contribution in [-0.4, -0.2) is 29.2 Å². The lowest BCUT2D eigenvalue weighted by molar-refractivity contribution is 0.306. The Morgan fingerprint density at radius 2 is 2.00 bits per heavy atom. The van der Waals surface area contributed by atoms with Crippen molar-refractivity contribution in [3.63, 3.8) is 0 Å². The van der Waals surface area contributed by atoms with Gasteiger partial charge in [-0.2, -0.15) is 4.98 Å². The lowest BCUT2D eigenvalue weighted by Gasteiger charge is -2.36. The van der Waals surface area contributed by atoms with Crippen LogP contribution in [0.15, 0.2) is 6.33 Å². The molecule has 0 bridgehead atoms. The van der Waals surface area contributed by atoms with Gasteiger partial charge in [0.1, 0.15) is 12.0 Å². The summed E-state index contributed by atoms with van der Waals surface area (Å²) in [6, 6.07) is 0. The maximum absolute atomic E-state index is 6.08. The smallest absolute Gasteiger partial charge is 0.242 e. The van der Waals surface area contributed by atoms with Crippen LogP contribution in [-0.2, 0) is 0 Å². The van der Waals surface area contributed by atoms with Crippen LogP contribution in [0.1, 0.15) is 40.5 Å². The Labute approximate surface area is 109 Å². The largest absolute Gasteiger partial charge is 0.476 e. The van der Waals surface area contributed by atoms with Gasteiger partial charge >= 0.3 is 0 Å². The van der Waals surface area contributed by atoms with Crippen LogP contribution >= 0.6 is 0 Å². The standard InChI is InChI=1S/C13H24N4O/c1-6-8-18-12-10(14)11(15-9-16-12)17(5)13(3,4)7-2/h9H,6-8,14H2,1-5H3. The second-order valence-electron chi connectivity index (χ2n) is 4.99. The molecule has 5 heteroatoms. The maximum atomic E-state index is 6.08. The van der Waals surface area contributed by atoms with E-state index >= 15 is 0 Å². The van der Waals surface area contributed by atoms with E-state index in [0.29, 0.717) is 18.2 Å². The molecule has 1 aromatic heterocycles. The molecule has 0 aliphatic rings. The summed E-state index contributed by atoms with van der Waals surface area (Å²) in [6.45, 7) is 9.11. The summed E-state index contributed by atoms with van der Waals surface area (Å²) in [4.78, 5) is 10.4. The molecule has 5 nitrogen and oxygen atoms in total. The van der Waals surface area contributed by atoms with Gasteiger partial charge in [-0.3, -0.25) is 0 Å². The topological polar surface area (TPSA) is 64.3 Å². The molecule has 0 aromatic carbocycles. The van der Waals surface area contributed by atoms with Crippen LogP contribution in [0.4, 0.5) is 11.5 Å². The van der Waals surface area contributed by atoms with Gasteiger partial charge in [-0.05, 0) is 26.7 Å². The predicted octanol–water partition coefficient (Wildman–Crippen LogP) is 2.47. The number of hydrogen-bond donors (Lipinski definition) is 1. The lowest BCUT2D eigenvalue weighted by Crippen LogP contribution is -2.41. The average molecular weight is 252 g/mol. The monoisotopic (exact) mass is 252 g/mol. The molecule has 0 spiro atoms. The van der Waals surface area contributed by atoms with Gasteiger partial charge in [0.15, 0.2) is 5.82 Å². The minimum Gasteiger partial charge on any atom is -0.476 e. The fraction of sp³-hybridized carbons (Fsp3) is 0.692. The van der Waals surface area contributed by atoms with E-state index in [0.717, 1.165) is 18.7 Å². The van der Waals surface area contributed by atoms with Crippen molar-refractivity contribution in [2.75, 3.05) is 24.3 Å². The molecule has 0 fully saturated rings. The van der Waals surface area contributed by atoms with Crippen molar-refractivity contribution in [3.05, 3.63) is 6.33 Å². The van der Waals surface area contributed by atoms with E-state index in [2.05, 4.69) is 35.6 Å². The first-order chi connectivity index (χ1) is 8.44.